The van der Waals surface area contributed by atoms with Crippen LogP contribution in [0.15, 0.2) is 12.1 Å². The molecule has 1 atom stereocenters. The summed E-state index contributed by atoms with van der Waals surface area (Å²) in [7, 11) is 1.34. The highest BCUT2D eigenvalue weighted by molar-refractivity contribution is 5.93. The van der Waals surface area contributed by atoms with Gasteiger partial charge in [-0.2, -0.15) is 5.26 Å². The third-order valence-electron chi connectivity index (χ3n) is 8.74. The number of aliphatic carboxylic acids is 1. The molecule has 232 valence electrons. The zero-order valence-electron chi connectivity index (χ0n) is 26.1. The van der Waals surface area contributed by atoms with Gasteiger partial charge in [-0.1, -0.05) is 77.6 Å². The summed E-state index contributed by atoms with van der Waals surface area (Å²) in [6, 6.07) is 6.35. The molecule has 2 aromatic rings. The molecule has 1 unspecified atom stereocenters. The maximum absolute atomic E-state index is 12.3. The summed E-state index contributed by atoms with van der Waals surface area (Å²) in [6.07, 6.45) is 20.6. The van der Waals surface area contributed by atoms with Gasteiger partial charge in [-0.25, -0.2) is 4.79 Å². The van der Waals surface area contributed by atoms with Crippen LogP contribution in [0.5, 0.6) is 5.75 Å². The molecule has 0 radical (unpaired) electrons. The number of carbonyl (C=O) groups excluding carboxylic acids is 1. The molecule has 1 heterocycles. The summed E-state index contributed by atoms with van der Waals surface area (Å²) >= 11 is 0. The number of hydrogen-bond acceptors (Lipinski definition) is 5. The number of methoxy groups -OCH3 is 1. The highest BCUT2D eigenvalue weighted by atomic mass is 16.6. The van der Waals surface area contributed by atoms with Crippen LogP contribution in [0.3, 0.4) is 0 Å². The molecule has 7 heteroatoms. The van der Waals surface area contributed by atoms with Gasteiger partial charge < -0.3 is 19.1 Å². The summed E-state index contributed by atoms with van der Waals surface area (Å²) in [5, 5.41) is 19.9. The first-order valence-corrected chi connectivity index (χ1v) is 16.5. The lowest BCUT2D eigenvalue weighted by Gasteiger charge is -2.21. The molecular formula is C35H52N2O5. The standard InChI is InChI=1S/C35H52N2O5/c1-3-4-5-6-7-8-9-10-11-14-17-23-37-30-21-18-20-28(35(39)40)34(30)29-25-32(42-26-33(38)41-2)27(24-31(29)37)19-15-12-13-16-22-36/h24-25,28H,3-21,23,26H2,1-2H3,(H,39,40). The monoisotopic (exact) mass is 580 g/mol. The van der Waals surface area contributed by atoms with E-state index in [4.69, 9.17) is 14.7 Å². The van der Waals surface area contributed by atoms with E-state index in [-0.39, 0.29) is 6.61 Å². The second-order valence-electron chi connectivity index (χ2n) is 11.9. The number of carbonyl (C=O) groups is 2. The Bertz CT molecular complexity index is 1180. The number of rotatable bonds is 21. The van der Waals surface area contributed by atoms with Crippen LogP contribution in [0.4, 0.5) is 0 Å². The molecule has 0 fully saturated rings. The second-order valence-corrected chi connectivity index (χ2v) is 11.9. The Morgan fingerprint density at radius 1 is 0.976 bits per heavy atom. The van der Waals surface area contributed by atoms with Gasteiger partial charge in [0.05, 0.1) is 19.1 Å². The Hall–Kier alpha value is -3.01. The molecule has 0 aliphatic heterocycles. The topological polar surface area (TPSA) is 102 Å². The van der Waals surface area contributed by atoms with Crippen LogP contribution < -0.4 is 4.74 Å². The van der Waals surface area contributed by atoms with E-state index in [1.165, 1.54) is 71.3 Å². The number of benzene rings is 1. The number of nitrogens with zero attached hydrogens (tertiary/aromatic N) is 2. The Balaban J connectivity index is 1.78. The number of aryl methyl sites for hydroxylation is 2. The van der Waals surface area contributed by atoms with Gasteiger partial charge >= 0.3 is 11.9 Å². The van der Waals surface area contributed by atoms with E-state index in [1.807, 2.05) is 6.07 Å². The van der Waals surface area contributed by atoms with Crippen LogP contribution in [0, 0.1) is 11.3 Å². The Kier molecular flexibility index (Phi) is 14.8. The molecular weight excluding hydrogens is 528 g/mol. The van der Waals surface area contributed by atoms with Gasteiger partial charge in [-0.3, -0.25) is 4.79 Å². The number of ether oxygens (including phenoxy) is 2. The van der Waals surface area contributed by atoms with Crippen LogP contribution in [-0.4, -0.2) is 35.3 Å². The second kappa shape index (κ2) is 18.5. The molecule has 3 rings (SSSR count). The minimum atomic E-state index is -0.775. The number of carboxylic acid groups (broad SMARTS) is 1. The average Bonchev–Trinajstić information content (AvgIpc) is 3.30. The summed E-state index contributed by atoms with van der Waals surface area (Å²) in [5.74, 6) is -1.13. The third-order valence-corrected chi connectivity index (χ3v) is 8.74. The van der Waals surface area contributed by atoms with Crippen molar-refractivity contribution < 1.29 is 24.2 Å². The van der Waals surface area contributed by atoms with E-state index in [2.05, 4.69) is 23.6 Å². The van der Waals surface area contributed by atoms with Crippen molar-refractivity contribution >= 4 is 22.8 Å². The predicted octanol–water partition coefficient (Wildman–Crippen LogP) is 8.64. The number of hydrogen-bond donors (Lipinski definition) is 1. The lowest BCUT2D eigenvalue weighted by Crippen LogP contribution is -2.19. The Morgan fingerprint density at radius 3 is 2.29 bits per heavy atom. The van der Waals surface area contributed by atoms with Crippen molar-refractivity contribution in [3.63, 3.8) is 0 Å². The molecule has 1 aliphatic carbocycles. The summed E-state index contributed by atoms with van der Waals surface area (Å²) in [5.41, 5.74) is 4.18. The molecule has 1 aromatic heterocycles. The number of fused-ring (bicyclic) bond motifs is 3. The van der Waals surface area contributed by atoms with E-state index in [1.54, 1.807) is 0 Å². The SMILES string of the molecule is CCCCCCCCCCCCCn1c2c(c3cc(OCC(=O)OC)c(CCCCCC#N)cc31)C(C(=O)O)CCC2. The smallest absolute Gasteiger partial charge is 0.343 e. The van der Waals surface area contributed by atoms with Crippen molar-refractivity contribution in [3.05, 3.63) is 29.0 Å². The molecule has 0 saturated carbocycles. The Morgan fingerprint density at radius 2 is 1.64 bits per heavy atom. The summed E-state index contributed by atoms with van der Waals surface area (Å²) < 4.78 is 13.1. The molecule has 0 spiro atoms. The molecule has 1 N–H and O–H groups in total. The Labute approximate surface area is 252 Å². The van der Waals surface area contributed by atoms with E-state index >= 15 is 0 Å². The van der Waals surface area contributed by atoms with Crippen LogP contribution in [-0.2, 0) is 33.7 Å². The fraction of sp³-hybridized carbons (Fsp3) is 0.686. The predicted molar refractivity (Wildman–Crippen MR) is 167 cm³/mol. The molecule has 1 aliphatic rings. The van der Waals surface area contributed by atoms with Crippen molar-refractivity contribution in [1.29, 1.82) is 5.26 Å². The van der Waals surface area contributed by atoms with Crippen molar-refractivity contribution in [2.45, 2.75) is 141 Å². The summed E-state index contributed by atoms with van der Waals surface area (Å²) in [6.45, 7) is 2.96. The maximum atomic E-state index is 12.3. The van der Waals surface area contributed by atoms with E-state index in [9.17, 15) is 14.7 Å². The van der Waals surface area contributed by atoms with Gasteiger partial charge in [-0.15, -0.1) is 0 Å². The van der Waals surface area contributed by atoms with Crippen molar-refractivity contribution in [2.24, 2.45) is 0 Å². The third kappa shape index (κ3) is 9.78. The van der Waals surface area contributed by atoms with E-state index < -0.39 is 17.9 Å². The van der Waals surface area contributed by atoms with Crippen LogP contribution in [0.2, 0.25) is 0 Å². The molecule has 0 amide bonds. The molecule has 0 saturated heterocycles. The fourth-order valence-corrected chi connectivity index (χ4v) is 6.43. The fourth-order valence-electron chi connectivity index (χ4n) is 6.43. The number of nitriles is 1. The lowest BCUT2D eigenvalue weighted by atomic mass is 9.85. The number of esters is 1. The highest BCUT2D eigenvalue weighted by Crippen LogP contribution is 2.42. The maximum Gasteiger partial charge on any atom is 0.343 e. The zero-order valence-corrected chi connectivity index (χ0v) is 26.1. The van der Waals surface area contributed by atoms with Gasteiger partial charge in [0.2, 0.25) is 0 Å². The first-order chi connectivity index (χ1) is 20.5. The first kappa shape index (κ1) is 33.5. The summed E-state index contributed by atoms with van der Waals surface area (Å²) in [4.78, 5) is 24.2. The quantitative estimate of drug-likeness (QED) is 0.117. The van der Waals surface area contributed by atoms with Crippen LogP contribution in [0.25, 0.3) is 10.9 Å². The zero-order chi connectivity index (χ0) is 30.2. The average molecular weight is 581 g/mol. The van der Waals surface area contributed by atoms with Gasteiger partial charge in [0.1, 0.15) is 5.75 Å². The van der Waals surface area contributed by atoms with E-state index in [0.29, 0.717) is 18.6 Å². The van der Waals surface area contributed by atoms with Gasteiger partial charge in [0.25, 0.3) is 0 Å². The van der Waals surface area contributed by atoms with E-state index in [0.717, 1.165) is 79.2 Å². The minimum absolute atomic E-state index is 0.187. The van der Waals surface area contributed by atoms with Crippen LogP contribution in [0.1, 0.15) is 139 Å². The van der Waals surface area contributed by atoms with Crippen LogP contribution >= 0.6 is 0 Å². The minimum Gasteiger partial charge on any atom is -0.482 e. The van der Waals surface area contributed by atoms with Crippen molar-refractivity contribution in [1.82, 2.24) is 4.57 Å². The largest absolute Gasteiger partial charge is 0.482 e. The first-order valence-electron chi connectivity index (χ1n) is 16.5. The van der Waals surface area contributed by atoms with Gasteiger partial charge in [0.15, 0.2) is 6.61 Å². The number of aromatic nitrogens is 1. The normalized spacial score (nSPS) is 14.5. The van der Waals surface area contributed by atoms with Gasteiger partial charge in [0, 0.05) is 29.6 Å². The highest BCUT2D eigenvalue weighted by Gasteiger charge is 2.32. The van der Waals surface area contributed by atoms with Crippen molar-refractivity contribution in [2.75, 3.05) is 13.7 Å². The molecule has 42 heavy (non-hydrogen) atoms. The number of carboxylic acids is 1. The van der Waals surface area contributed by atoms with Crippen molar-refractivity contribution in [3.8, 4) is 11.8 Å². The number of unbranched alkanes of at least 4 members (excludes halogenated alkanes) is 13. The van der Waals surface area contributed by atoms with Gasteiger partial charge in [-0.05, 0) is 68.2 Å². The molecule has 1 aromatic carbocycles. The molecule has 0 bridgehead atoms. The molecule has 7 nitrogen and oxygen atoms in total. The lowest BCUT2D eigenvalue weighted by molar-refractivity contribution is -0.143.